The molecule has 0 unspecified atom stereocenters. The Morgan fingerprint density at radius 3 is 2.12 bits per heavy atom. The summed E-state index contributed by atoms with van der Waals surface area (Å²) in [6.07, 6.45) is 0. The minimum Gasteiger partial charge on any atom is -0.354 e. The van der Waals surface area contributed by atoms with E-state index in [0.29, 0.717) is 16.8 Å². The Balaban J connectivity index is 1.56. The molecule has 0 spiro atoms. The Hall–Kier alpha value is -3.05. The van der Waals surface area contributed by atoms with Crippen molar-refractivity contribution in [1.82, 2.24) is 0 Å². The van der Waals surface area contributed by atoms with Gasteiger partial charge >= 0.3 is 0 Å². The lowest BCUT2D eigenvalue weighted by Gasteiger charge is -2.23. The number of hydrogen-bond acceptors (Lipinski definition) is 4. The number of carbonyl (C=O) groups is 2. The molecule has 2 aliphatic heterocycles. The lowest BCUT2D eigenvalue weighted by molar-refractivity contribution is 0.0926. The van der Waals surface area contributed by atoms with Gasteiger partial charge in [0.25, 0.3) is 11.8 Å². The van der Waals surface area contributed by atoms with Gasteiger partial charge in [0, 0.05) is 9.79 Å². The summed E-state index contributed by atoms with van der Waals surface area (Å²) in [4.78, 5) is 28.8. The van der Waals surface area contributed by atoms with E-state index in [1.54, 1.807) is 36.0 Å². The quantitative estimate of drug-likeness (QED) is 0.509. The number of nitrogens with one attached hydrogen (secondary N) is 1. The molecule has 25 heavy (non-hydrogen) atoms. The van der Waals surface area contributed by atoms with Crippen molar-refractivity contribution in [3.63, 3.8) is 0 Å². The van der Waals surface area contributed by atoms with E-state index >= 15 is 0 Å². The fourth-order valence-corrected chi connectivity index (χ4v) is 4.16. The van der Waals surface area contributed by atoms with E-state index < -0.39 is 0 Å². The number of hydrogen-bond donors (Lipinski definition) is 1. The third kappa shape index (κ3) is 2.09. The molecule has 1 N–H and O–H groups in total. The SMILES string of the molecule is O=C1c2ccccc2C(=O)N1c1ccc2c(c1)Nc1ccccc1S2. The van der Waals surface area contributed by atoms with E-state index in [1.165, 1.54) is 4.90 Å². The number of nitrogens with zero attached hydrogens (tertiary/aromatic N) is 1. The third-order valence-electron chi connectivity index (χ3n) is 4.39. The fraction of sp³-hybridized carbons (Fsp3) is 0. The first-order valence-corrected chi connectivity index (χ1v) is 8.70. The smallest absolute Gasteiger partial charge is 0.266 e. The average molecular weight is 344 g/mol. The van der Waals surface area contributed by atoms with Crippen molar-refractivity contribution in [2.75, 3.05) is 10.2 Å². The van der Waals surface area contributed by atoms with Crippen LogP contribution in [0.1, 0.15) is 20.7 Å². The summed E-state index contributed by atoms with van der Waals surface area (Å²) in [5.41, 5.74) is 3.42. The molecule has 0 saturated heterocycles. The van der Waals surface area contributed by atoms with Gasteiger partial charge in [0.1, 0.15) is 0 Å². The van der Waals surface area contributed by atoms with E-state index in [2.05, 4.69) is 11.4 Å². The van der Waals surface area contributed by atoms with Gasteiger partial charge in [-0.15, -0.1) is 0 Å². The van der Waals surface area contributed by atoms with Crippen molar-refractivity contribution in [3.05, 3.63) is 77.9 Å². The predicted octanol–water partition coefficient (Wildman–Crippen LogP) is 4.70. The summed E-state index contributed by atoms with van der Waals surface area (Å²) >= 11 is 1.67. The van der Waals surface area contributed by atoms with Gasteiger partial charge < -0.3 is 5.32 Å². The van der Waals surface area contributed by atoms with Crippen LogP contribution >= 0.6 is 11.8 Å². The molecule has 0 saturated carbocycles. The predicted molar refractivity (Wildman–Crippen MR) is 97.9 cm³/mol. The van der Waals surface area contributed by atoms with Crippen LogP contribution in [0.5, 0.6) is 0 Å². The van der Waals surface area contributed by atoms with E-state index in [9.17, 15) is 9.59 Å². The number of benzene rings is 3. The van der Waals surface area contributed by atoms with Crippen LogP contribution in [0.25, 0.3) is 0 Å². The number of fused-ring (bicyclic) bond motifs is 3. The summed E-state index contributed by atoms with van der Waals surface area (Å²) in [6, 6.07) is 20.6. The first-order chi connectivity index (χ1) is 12.2. The minimum absolute atomic E-state index is 0.274. The number of imide groups is 1. The zero-order valence-electron chi connectivity index (χ0n) is 13.0. The van der Waals surface area contributed by atoms with E-state index in [0.717, 1.165) is 21.2 Å². The molecule has 0 aromatic heterocycles. The third-order valence-corrected chi connectivity index (χ3v) is 5.54. The average Bonchev–Trinajstić information content (AvgIpc) is 2.91. The van der Waals surface area contributed by atoms with Gasteiger partial charge in [-0.1, -0.05) is 36.0 Å². The topological polar surface area (TPSA) is 49.4 Å². The molecule has 0 atom stereocenters. The lowest BCUT2D eigenvalue weighted by Crippen LogP contribution is -2.29. The molecule has 0 bridgehead atoms. The minimum atomic E-state index is -0.274. The maximum atomic E-state index is 12.7. The summed E-state index contributed by atoms with van der Waals surface area (Å²) in [5, 5.41) is 3.39. The highest BCUT2D eigenvalue weighted by atomic mass is 32.2. The first-order valence-electron chi connectivity index (χ1n) is 7.88. The van der Waals surface area contributed by atoms with Gasteiger partial charge in [0.05, 0.1) is 28.2 Å². The van der Waals surface area contributed by atoms with Crippen molar-refractivity contribution >= 4 is 40.6 Å². The summed E-state index contributed by atoms with van der Waals surface area (Å²) in [6.45, 7) is 0. The van der Waals surface area contributed by atoms with Crippen LogP contribution in [0.15, 0.2) is 76.5 Å². The number of anilines is 3. The van der Waals surface area contributed by atoms with Crippen LogP contribution in [0.4, 0.5) is 17.1 Å². The van der Waals surface area contributed by atoms with Gasteiger partial charge in [0.15, 0.2) is 0 Å². The number of carbonyl (C=O) groups excluding carboxylic acids is 2. The number of amides is 2. The largest absolute Gasteiger partial charge is 0.354 e. The molecule has 0 radical (unpaired) electrons. The Kier molecular flexibility index (Phi) is 2.99. The highest BCUT2D eigenvalue weighted by molar-refractivity contribution is 7.99. The molecule has 0 fully saturated rings. The highest BCUT2D eigenvalue weighted by Gasteiger charge is 2.36. The molecule has 2 aliphatic rings. The van der Waals surface area contributed by atoms with E-state index in [4.69, 9.17) is 0 Å². The summed E-state index contributed by atoms with van der Waals surface area (Å²) in [5.74, 6) is -0.547. The second-order valence-corrected chi connectivity index (χ2v) is 6.98. The Morgan fingerprint density at radius 2 is 1.36 bits per heavy atom. The molecule has 5 rings (SSSR count). The van der Waals surface area contributed by atoms with Crippen LogP contribution in [0.3, 0.4) is 0 Å². The van der Waals surface area contributed by atoms with E-state index in [-0.39, 0.29) is 11.8 Å². The molecule has 120 valence electrons. The van der Waals surface area contributed by atoms with Gasteiger partial charge in [0.2, 0.25) is 0 Å². The second kappa shape index (κ2) is 5.22. The molecular formula is C20H12N2O2S. The van der Waals surface area contributed by atoms with Gasteiger partial charge in [-0.2, -0.15) is 0 Å². The zero-order chi connectivity index (χ0) is 17.0. The van der Waals surface area contributed by atoms with Gasteiger partial charge in [-0.3, -0.25) is 9.59 Å². The number of rotatable bonds is 1. The molecule has 5 heteroatoms. The lowest BCUT2D eigenvalue weighted by atomic mass is 10.1. The molecular weight excluding hydrogens is 332 g/mol. The van der Waals surface area contributed by atoms with Crippen LogP contribution < -0.4 is 10.2 Å². The number of para-hydroxylation sites is 1. The van der Waals surface area contributed by atoms with Crippen molar-refractivity contribution in [2.45, 2.75) is 9.79 Å². The van der Waals surface area contributed by atoms with Crippen LogP contribution in [-0.2, 0) is 0 Å². The van der Waals surface area contributed by atoms with Crippen molar-refractivity contribution in [3.8, 4) is 0 Å². The summed E-state index contributed by atoms with van der Waals surface area (Å²) in [7, 11) is 0. The standard InChI is InChI=1S/C20H12N2O2S/c23-19-13-5-1-2-6-14(13)20(24)22(19)12-9-10-18-16(11-12)21-15-7-3-4-8-17(15)25-18/h1-11,21H. The molecule has 0 aliphatic carbocycles. The zero-order valence-corrected chi connectivity index (χ0v) is 13.8. The monoisotopic (exact) mass is 344 g/mol. The van der Waals surface area contributed by atoms with Crippen molar-refractivity contribution in [2.24, 2.45) is 0 Å². The first kappa shape index (κ1) is 14.3. The van der Waals surface area contributed by atoms with Gasteiger partial charge in [-0.25, -0.2) is 4.90 Å². The maximum absolute atomic E-state index is 12.7. The van der Waals surface area contributed by atoms with Crippen molar-refractivity contribution in [1.29, 1.82) is 0 Å². The molecule has 4 nitrogen and oxygen atoms in total. The molecule has 3 aromatic rings. The Morgan fingerprint density at radius 1 is 0.720 bits per heavy atom. The van der Waals surface area contributed by atoms with Crippen LogP contribution in [-0.4, -0.2) is 11.8 Å². The second-order valence-electron chi connectivity index (χ2n) is 5.89. The Labute approximate surface area is 148 Å². The summed E-state index contributed by atoms with van der Waals surface area (Å²) < 4.78 is 0. The molecule has 2 heterocycles. The maximum Gasteiger partial charge on any atom is 0.266 e. The van der Waals surface area contributed by atoms with Gasteiger partial charge in [-0.05, 0) is 42.5 Å². The van der Waals surface area contributed by atoms with Crippen LogP contribution in [0.2, 0.25) is 0 Å². The Bertz CT molecular complexity index is 1030. The van der Waals surface area contributed by atoms with Crippen molar-refractivity contribution < 1.29 is 9.59 Å². The molecule has 3 aromatic carbocycles. The highest BCUT2D eigenvalue weighted by Crippen LogP contribution is 2.45. The van der Waals surface area contributed by atoms with E-state index in [1.807, 2.05) is 36.4 Å². The van der Waals surface area contributed by atoms with Crippen LogP contribution in [0, 0.1) is 0 Å². The molecule has 2 amide bonds. The fourth-order valence-electron chi connectivity index (χ4n) is 3.19. The normalized spacial score (nSPS) is 14.6.